The molecule has 0 fully saturated rings. The standard InChI is InChI=1S/C7H13F3O3S.Na/c8-7(9,10)5-3-1-2-4-6-14(11,12)13;/h1-6H2,(H,11,12,13);/q;+1/p-1. The largest absolute Gasteiger partial charge is 1.00 e. The monoisotopic (exact) mass is 256 g/mol. The van der Waals surface area contributed by atoms with E-state index >= 15 is 0 Å². The first kappa shape index (κ1) is 18.1. The van der Waals surface area contributed by atoms with Gasteiger partial charge in [-0.2, -0.15) is 13.2 Å². The fraction of sp³-hybridized carbons (Fsp3) is 1.00. The fourth-order valence-corrected chi connectivity index (χ4v) is 1.52. The summed E-state index contributed by atoms with van der Waals surface area (Å²) in [6, 6.07) is 0. The van der Waals surface area contributed by atoms with Crippen molar-refractivity contribution in [3.05, 3.63) is 0 Å². The quantitative estimate of drug-likeness (QED) is 0.350. The van der Waals surface area contributed by atoms with E-state index in [2.05, 4.69) is 0 Å². The molecule has 0 aliphatic carbocycles. The summed E-state index contributed by atoms with van der Waals surface area (Å²) in [5.41, 5.74) is 0. The third kappa shape index (κ3) is 17.3. The molecule has 0 N–H and O–H groups in total. The van der Waals surface area contributed by atoms with Gasteiger partial charge in [0.05, 0.1) is 10.1 Å². The Hall–Kier alpha value is 0.700. The molecule has 0 radical (unpaired) electrons. The summed E-state index contributed by atoms with van der Waals surface area (Å²) in [5.74, 6) is -0.487. The number of hydrogen-bond acceptors (Lipinski definition) is 3. The van der Waals surface area contributed by atoms with Crippen molar-refractivity contribution < 1.29 is 55.7 Å². The smallest absolute Gasteiger partial charge is 0.748 e. The number of rotatable bonds is 6. The van der Waals surface area contributed by atoms with Gasteiger partial charge in [-0.3, -0.25) is 0 Å². The molecule has 8 heteroatoms. The third-order valence-electron chi connectivity index (χ3n) is 1.60. The maximum Gasteiger partial charge on any atom is 1.00 e. The Morgan fingerprint density at radius 3 is 1.87 bits per heavy atom. The predicted molar refractivity (Wildman–Crippen MR) is 43.7 cm³/mol. The number of alkyl halides is 3. The molecule has 0 unspecified atom stereocenters. The van der Waals surface area contributed by atoms with Crippen LogP contribution in [0.3, 0.4) is 0 Å². The van der Waals surface area contributed by atoms with Crippen LogP contribution in [0.1, 0.15) is 32.1 Å². The van der Waals surface area contributed by atoms with Crippen molar-refractivity contribution in [2.24, 2.45) is 0 Å². The van der Waals surface area contributed by atoms with Crippen molar-refractivity contribution in [2.45, 2.75) is 38.3 Å². The van der Waals surface area contributed by atoms with Crippen LogP contribution < -0.4 is 29.6 Å². The van der Waals surface area contributed by atoms with Gasteiger partial charge in [0.1, 0.15) is 0 Å². The van der Waals surface area contributed by atoms with Gasteiger partial charge in [-0.05, 0) is 12.8 Å². The van der Waals surface area contributed by atoms with E-state index in [9.17, 15) is 26.1 Å². The van der Waals surface area contributed by atoms with Crippen LogP contribution in [0, 0.1) is 0 Å². The second-order valence-corrected chi connectivity index (χ2v) is 4.56. The van der Waals surface area contributed by atoms with Crippen LogP contribution in [0.4, 0.5) is 13.2 Å². The van der Waals surface area contributed by atoms with Crippen LogP contribution in [0.2, 0.25) is 0 Å². The Morgan fingerprint density at radius 1 is 1.00 bits per heavy atom. The second kappa shape index (κ2) is 7.89. The zero-order valence-corrected chi connectivity index (χ0v) is 11.3. The molecule has 0 aromatic carbocycles. The zero-order chi connectivity index (χ0) is 11.2. The summed E-state index contributed by atoms with van der Waals surface area (Å²) in [4.78, 5) is 0. The Bertz CT molecular complexity index is 251. The molecule has 0 aromatic rings. The van der Waals surface area contributed by atoms with E-state index in [4.69, 9.17) is 0 Å². The fourth-order valence-electron chi connectivity index (χ4n) is 0.958. The van der Waals surface area contributed by atoms with Crippen molar-refractivity contribution in [1.29, 1.82) is 0 Å². The van der Waals surface area contributed by atoms with Crippen LogP contribution in [-0.2, 0) is 10.1 Å². The molecule has 0 saturated heterocycles. The van der Waals surface area contributed by atoms with Gasteiger partial charge in [0.25, 0.3) is 0 Å². The summed E-state index contributed by atoms with van der Waals surface area (Å²) < 4.78 is 65.1. The summed E-state index contributed by atoms with van der Waals surface area (Å²) in [6.45, 7) is 0. The topological polar surface area (TPSA) is 57.2 Å². The van der Waals surface area contributed by atoms with Gasteiger partial charge in [0.15, 0.2) is 0 Å². The van der Waals surface area contributed by atoms with E-state index in [-0.39, 0.29) is 42.4 Å². The summed E-state index contributed by atoms with van der Waals surface area (Å²) in [7, 11) is -4.21. The van der Waals surface area contributed by atoms with Crippen molar-refractivity contribution in [2.75, 3.05) is 5.75 Å². The van der Waals surface area contributed by atoms with E-state index in [1.54, 1.807) is 0 Å². The van der Waals surface area contributed by atoms with Gasteiger partial charge in [-0.15, -0.1) is 0 Å². The molecular formula is C7H12F3NaO3S. The first-order chi connectivity index (χ1) is 6.21. The maximum atomic E-state index is 11.6. The van der Waals surface area contributed by atoms with Gasteiger partial charge >= 0.3 is 35.7 Å². The molecule has 0 atom stereocenters. The molecule has 0 aliphatic rings. The normalized spacial score (nSPS) is 12.3. The van der Waals surface area contributed by atoms with E-state index < -0.39 is 28.5 Å². The van der Waals surface area contributed by atoms with Gasteiger partial charge in [-0.25, -0.2) is 8.42 Å². The molecule has 0 bridgehead atoms. The Labute approximate surface area is 109 Å². The van der Waals surface area contributed by atoms with Crippen LogP contribution in [0.25, 0.3) is 0 Å². The van der Waals surface area contributed by atoms with Crippen LogP contribution in [0.5, 0.6) is 0 Å². The van der Waals surface area contributed by atoms with Crippen LogP contribution >= 0.6 is 0 Å². The minimum absolute atomic E-state index is 0. The summed E-state index contributed by atoms with van der Waals surface area (Å²) >= 11 is 0. The molecule has 0 aliphatic heterocycles. The third-order valence-corrected chi connectivity index (χ3v) is 2.39. The number of unbranched alkanes of at least 4 members (excludes halogenated alkanes) is 3. The van der Waals surface area contributed by atoms with E-state index in [0.717, 1.165) is 0 Å². The van der Waals surface area contributed by atoms with Gasteiger partial charge in [-0.1, -0.05) is 12.8 Å². The molecule has 0 spiro atoms. The molecule has 15 heavy (non-hydrogen) atoms. The first-order valence-electron chi connectivity index (χ1n) is 4.21. The van der Waals surface area contributed by atoms with Gasteiger partial charge in [0, 0.05) is 12.2 Å². The first-order valence-corrected chi connectivity index (χ1v) is 5.79. The minimum atomic E-state index is -4.21. The minimum Gasteiger partial charge on any atom is -0.748 e. The number of hydrogen-bond donors (Lipinski definition) is 0. The Morgan fingerprint density at radius 2 is 1.47 bits per heavy atom. The van der Waals surface area contributed by atoms with E-state index in [1.165, 1.54) is 0 Å². The second-order valence-electron chi connectivity index (χ2n) is 3.04. The van der Waals surface area contributed by atoms with Crippen molar-refractivity contribution in [1.82, 2.24) is 0 Å². The summed E-state index contributed by atoms with van der Waals surface area (Å²) in [6.07, 6.45) is -4.22. The van der Waals surface area contributed by atoms with E-state index in [1.807, 2.05) is 0 Å². The zero-order valence-electron chi connectivity index (χ0n) is 8.51. The number of halogens is 3. The van der Waals surface area contributed by atoms with Crippen molar-refractivity contribution >= 4 is 10.1 Å². The molecule has 86 valence electrons. The predicted octanol–water partition coefficient (Wildman–Crippen LogP) is -0.952. The summed E-state index contributed by atoms with van der Waals surface area (Å²) in [5, 5.41) is 0. The average molecular weight is 256 g/mol. The van der Waals surface area contributed by atoms with Crippen molar-refractivity contribution in [3.63, 3.8) is 0 Å². The van der Waals surface area contributed by atoms with Gasteiger partial charge in [0.2, 0.25) is 0 Å². The Balaban J connectivity index is 0. The van der Waals surface area contributed by atoms with Crippen LogP contribution in [0.15, 0.2) is 0 Å². The molecule has 0 aromatic heterocycles. The maximum absolute atomic E-state index is 11.6. The van der Waals surface area contributed by atoms with E-state index in [0.29, 0.717) is 12.8 Å². The molecular weight excluding hydrogens is 244 g/mol. The molecule has 0 amide bonds. The molecule has 0 rings (SSSR count). The molecule has 0 saturated carbocycles. The molecule has 0 heterocycles. The van der Waals surface area contributed by atoms with Crippen LogP contribution in [-0.4, -0.2) is 24.9 Å². The SMILES string of the molecule is O=S(=O)([O-])CCCCCCC(F)(F)F.[Na+]. The average Bonchev–Trinajstić information content (AvgIpc) is 1.92. The Kier molecular flexibility index (Phi) is 9.51. The molecule has 3 nitrogen and oxygen atoms in total. The van der Waals surface area contributed by atoms with Crippen molar-refractivity contribution in [3.8, 4) is 0 Å². The van der Waals surface area contributed by atoms with Gasteiger partial charge < -0.3 is 4.55 Å².